The van der Waals surface area contributed by atoms with Crippen molar-refractivity contribution in [3.63, 3.8) is 0 Å². The van der Waals surface area contributed by atoms with Crippen molar-refractivity contribution in [1.82, 2.24) is 15.0 Å². The summed E-state index contributed by atoms with van der Waals surface area (Å²) in [6, 6.07) is 1.87. The Kier molecular flexibility index (Phi) is 1.70. The Balaban J connectivity index is 2.85. The zero-order chi connectivity index (χ0) is 9.26. The van der Waals surface area contributed by atoms with Gasteiger partial charge in [0.1, 0.15) is 0 Å². The third-order valence-corrected chi connectivity index (χ3v) is 1.68. The lowest BCUT2D eigenvalue weighted by atomic mass is 10.3. The Hall–Kier alpha value is -1.91. The number of fused-ring (bicyclic) bond motifs is 1. The summed E-state index contributed by atoms with van der Waals surface area (Å²) in [6.07, 6.45) is 3.05. The highest BCUT2D eigenvalue weighted by Gasteiger charge is 2.01. The number of H-pyrrole nitrogens is 1. The molecule has 66 valence electrons. The molecule has 0 atom stereocenters. The molecule has 2 aromatic heterocycles. The predicted molar refractivity (Wildman–Crippen MR) is 46.7 cm³/mol. The molecular weight excluding hydrogens is 170 g/mol. The van der Waals surface area contributed by atoms with Crippen molar-refractivity contribution in [3.05, 3.63) is 28.8 Å². The maximum atomic E-state index is 11.3. The first-order chi connectivity index (χ1) is 6.31. The largest absolute Gasteiger partial charge is 0.468 e. The van der Waals surface area contributed by atoms with E-state index in [1.54, 1.807) is 12.3 Å². The van der Waals surface area contributed by atoms with Gasteiger partial charge in [-0.25, -0.2) is 0 Å². The number of rotatable bonds is 1. The van der Waals surface area contributed by atoms with Gasteiger partial charge in [-0.1, -0.05) is 0 Å². The highest BCUT2D eigenvalue weighted by atomic mass is 16.5. The van der Waals surface area contributed by atoms with Crippen LogP contribution in [0.25, 0.3) is 10.9 Å². The summed E-state index contributed by atoms with van der Waals surface area (Å²) in [6.45, 7) is 0. The van der Waals surface area contributed by atoms with Crippen LogP contribution in [-0.2, 0) is 0 Å². The molecule has 0 saturated carbocycles. The van der Waals surface area contributed by atoms with E-state index in [0.717, 1.165) is 0 Å². The molecule has 2 aromatic rings. The third kappa shape index (κ3) is 1.24. The van der Waals surface area contributed by atoms with Crippen molar-refractivity contribution in [2.45, 2.75) is 0 Å². The number of methoxy groups -OCH3 is 1. The molecule has 0 radical (unpaired) electrons. The quantitative estimate of drug-likeness (QED) is 0.681. The van der Waals surface area contributed by atoms with E-state index in [2.05, 4.69) is 15.0 Å². The van der Waals surface area contributed by atoms with Crippen LogP contribution in [0.15, 0.2) is 23.3 Å². The summed E-state index contributed by atoms with van der Waals surface area (Å²) in [5.74, 6) is 0. The second-order valence-electron chi connectivity index (χ2n) is 2.47. The van der Waals surface area contributed by atoms with Crippen LogP contribution in [0.2, 0.25) is 0 Å². The first-order valence-electron chi connectivity index (χ1n) is 3.69. The van der Waals surface area contributed by atoms with Crippen LogP contribution in [0.4, 0.5) is 0 Å². The molecule has 0 aromatic carbocycles. The lowest BCUT2D eigenvalue weighted by Crippen LogP contribution is -2.09. The molecular formula is C8H7N3O2. The summed E-state index contributed by atoms with van der Waals surface area (Å²) in [5.41, 5.74) is 0.338. The maximum absolute atomic E-state index is 11.3. The first-order valence-corrected chi connectivity index (χ1v) is 3.69. The molecule has 0 aliphatic carbocycles. The number of hydrogen-bond acceptors (Lipinski definition) is 4. The Morgan fingerprint density at radius 2 is 2.38 bits per heavy atom. The van der Waals surface area contributed by atoms with Crippen molar-refractivity contribution in [3.8, 4) is 6.01 Å². The molecule has 0 aliphatic rings. The van der Waals surface area contributed by atoms with Crippen LogP contribution in [0.5, 0.6) is 6.01 Å². The van der Waals surface area contributed by atoms with Gasteiger partial charge in [0.25, 0.3) is 11.6 Å². The van der Waals surface area contributed by atoms with E-state index < -0.39 is 0 Å². The average molecular weight is 177 g/mol. The molecule has 0 fully saturated rings. The van der Waals surface area contributed by atoms with Crippen molar-refractivity contribution in [2.24, 2.45) is 0 Å². The van der Waals surface area contributed by atoms with Crippen LogP contribution in [0.3, 0.4) is 0 Å². The van der Waals surface area contributed by atoms with Gasteiger partial charge in [0.2, 0.25) is 0 Å². The zero-order valence-electron chi connectivity index (χ0n) is 6.94. The fourth-order valence-electron chi connectivity index (χ4n) is 1.06. The monoisotopic (exact) mass is 177 g/mol. The Morgan fingerprint density at radius 3 is 3.15 bits per heavy atom. The molecule has 0 spiro atoms. The lowest BCUT2D eigenvalue weighted by molar-refractivity contribution is 0.380. The van der Waals surface area contributed by atoms with E-state index in [9.17, 15) is 4.79 Å². The highest BCUT2D eigenvalue weighted by molar-refractivity contribution is 5.76. The van der Waals surface area contributed by atoms with E-state index in [1.807, 2.05) is 0 Å². The fourth-order valence-corrected chi connectivity index (χ4v) is 1.06. The van der Waals surface area contributed by atoms with Crippen molar-refractivity contribution >= 4 is 10.9 Å². The molecule has 0 bridgehead atoms. The van der Waals surface area contributed by atoms with Crippen LogP contribution in [-0.4, -0.2) is 22.1 Å². The zero-order valence-corrected chi connectivity index (χ0v) is 6.94. The number of hydrogen-bond donors (Lipinski definition) is 1. The Labute approximate surface area is 73.4 Å². The van der Waals surface area contributed by atoms with Gasteiger partial charge >= 0.3 is 0 Å². The van der Waals surface area contributed by atoms with Crippen molar-refractivity contribution in [1.29, 1.82) is 0 Å². The van der Waals surface area contributed by atoms with Crippen molar-refractivity contribution < 1.29 is 4.74 Å². The van der Waals surface area contributed by atoms with Gasteiger partial charge in [-0.05, 0) is 6.07 Å². The molecule has 13 heavy (non-hydrogen) atoms. The minimum absolute atomic E-state index is 0.212. The molecule has 2 heterocycles. The van der Waals surface area contributed by atoms with E-state index >= 15 is 0 Å². The number of pyridine rings is 1. The van der Waals surface area contributed by atoms with Gasteiger partial charge in [-0.3, -0.25) is 14.8 Å². The summed E-state index contributed by atoms with van der Waals surface area (Å²) in [7, 11) is 1.45. The summed E-state index contributed by atoms with van der Waals surface area (Å²) < 4.78 is 4.82. The number of nitrogens with one attached hydrogen (secondary N) is 1. The second-order valence-corrected chi connectivity index (χ2v) is 2.47. The standard InChI is InChI=1S/C8H7N3O2/c1-13-8-10-6-2-3-9-4-5(6)7(12)11-8/h2-4H,1H3,(H,10,11,12). The SMILES string of the molecule is COc1nc2ccncc2c(=O)[nH]1. The van der Waals surface area contributed by atoms with E-state index in [1.165, 1.54) is 13.3 Å². The molecule has 0 aliphatic heterocycles. The molecule has 5 heteroatoms. The Morgan fingerprint density at radius 1 is 1.54 bits per heavy atom. The number of aromatic nitrogens is 3. The van der Waals surface area contributed by atoms with Gasteiger partial charge in [0.15, 0.2) is 0 Å². The number of ether oxygens (including phenoxy) is 1. The van der Waals surface area contributed by atoms with E-state index in [0.29, 0.717) is 10.9 Å². The minimum Gasteiger partial charge on any atom is -0.468 e. The van der Waals surface area contributed by atoms with Crippen LogP contribution >= 0.6 is 0 Å². The van der Waals surface area contributed by atoms with Crippen LogP contribution in [0, 0.1) is 0 Å². The second kappa shape index (κ2) is 2.85. The first kappa shape index (κ1) is 7.72. The summed E-state index contributed by atoms with van der Waals surface area (Å²) in [4.78, 5) is 21.7. The summed E-state index contributed by atoms with van der Waals surface area (Å²) in [5, 5.41) is 0.461. The molecule has 0 unspecified atom stereocenters. The summed E-state index contributed by atoms with van der Waals surface area (Å²) >= 11 is 0. The third-order valence-electron chi connectivity index (χ3n) is 1.68. The molecule has 0 amide bonds. The molecule has 1 N–H and O–H groups in total. The normalized spacial score (nSPS) is 10.2. The topological polar surface area (TPSA) is 67.9 Å². The van der Waals surface area contributed by atoms with Gasteiger partial charge in [0.05, 0.1) is 18.0 Å². The smallest absolute Gasteiger partial charge is 0.296 e. The van der Waals surface area contributed by atoms with Gasteiger partial charge in [-0.15, -0.1) is 0 Å². The minimum atomic E-state index is -0.241. The average Bonchev–Trinajstić information content (AvgIpc) is 2.18. The van der Waals surface area contributed by atoms with Gasteiger partial charge < -0.3 is 4.74 Å². The molecule has 0 saturated heterocycles. The van der Waals surface area contributed by atoms with E-state index in [-0.39, 0.29) is 11.6 Å². The van der Waals surface area contributed by atoms with Gasteiger partial charge in [0, 0.05) is 12.4 Å². The predicted octanol–water partition coefficient (Wildman–Crippen LogP) is 0.327. The molecule has 5 nitrogen and oxygen atoms in total. The highest BCUT2D eigenvalue weighted by Crippen LogP contribution is 2.06. The Bertz CT molecular complexity index is 492. The van der Waals surface area contributed by atoms with Crippen LogP contribution in [0.1, 0.15) is 0 Å². The van der Waals surface area contributed by atoms with E-state index in [4.69, 9.17) is 4.74 Å². The van der Waals surface area contributed by atoms with Gasteiger partial charge in [-0.2, -0.15) is 4.98 Å². The number of aromatic amines is 1. The maximum Gasteiger partial charge on any atom is 0.296 e. The lowest BCUT2D eigenvalue weighted by Gasteiger charge is -1.98. The number of nitrogens with zero attached hydrogens (tertiary/aromatic N) is 2. The fraction of sp³-hybridized carbons (Fsp3) is 0.125. The molecule has 2 rings (SSSR count). The van der Waals surface area contributed by atoms with Crippen LogP contribution < -0.4 is 10.3 Å². The van der Waals surface area contributed by atoms with Crippen molar-refractivity contribution in [2.75, 3.05) is 7.11 Å².